The minimum atomic E-state index is 0.874. The molecule has 0 aliphatic carbocycles. The fraction of sp³-hybridized carbons (Fsp3) is 0.222. The standard InChI is InChI=1S/C18H19BrN4S/c1-3-6-16(21-4-2)23-18-22-15-10-13(9-14(19)17(15)24-18)12-7-5-8-20-11-12/h5-11,21H,3-4H2,1-2H3,(H,22,23)/b16-6+. The van der Waals surface area contributed by atoms with E-state index in [1.807, 2.05) is 12.3 Å². The fourth-order valence-corrected chi connectivity index (χ4v) is 3.98. The molecule has 2 heterocycles. The van der Waals surface area contributed by atoms with Crippen molar-refractivity contribution in [3.8, 4) is 11.1 Å². The van der Waals surface area contributed by atoms with Crippen molar-refractivity contribution >= 4 is 42.6 Å². The number of aromatic nitrogens is 2. The zero-order valence-corrected chi connectivity index (χ0v) is 16.0. The molecule has 124 valence electrons. The van der Waals surface area contributed by atoms with Gasteiger partial charge in [0.25, 0.3) is 0 Å². The molecule has 0 bridgehead atoms. The van der Waals surface area contributed by atoms with E-state index in [0.717, 1.165) is 49.7 Å². The van der Waals surface area contributed by atoms with Crippen molar-refractivity contribution in [3.63, 3.8) is 0 Å². The molecule has 3 rings (SSSR count). The smallest absolute Gasteiger partial charge is 0.189 e. The Labute approximate surface area is 154 Å². The largest absolute Gasteiger partial charge is 0.372 e. The Hall–Kier alpha value is -1.92. The lowest BCUT2D eigenvalue weighted by Gasteiger charge is -2.09. The molecule has 0 saturated heterocycles. The highest BCUT2D eigenvalue weighted by Crippen LogP contribution is 2.36. The minimum absolute atomic E-state index is 0.874. The van der Waals surface area contributed by atoms with Gasteiger partial charge in [0.05, 0.1) is 10.2 Å². The van der Waals surface area contributed by atoms with E-state index in [9.17, 15) is 0 Å². The molecule has 0 saturated carbocycles. The van der Waals surface area contributed by atoms with Gasteiger partial charge in [0.1, 0.15) is 5.82 Å². The van der Waals surface area contributed by atoms with Crippen LogP contribution in [0, 0.1) is 0 Å². The van der Waals surface area contributed by atoms with Crippen molar-refractivity contribution in [2.75, 3.05) is 11.9 Å². The van der Waals surface area contributed by atoms with Crippen LogP contribution < -0.4 is 10.6 Å². The number of hydrogen-bond donors (Lipinski definition) is 2. The third-order valence-corrected chi connectivity index (χ3v) is 5.36. The summed E-state index contributed by atoms with van der Waals surface area (Å²) in [6.45, 7) is 5.08. The van der Waals surface area contributed by atoms with Gasteiger partial charge in [-0.2, -0.15) is 0 Å². The van der Waals surface area contributed by atoms with Crippen molar-refractivity contribution < 1.29 is 0 Å². The Balaban J connectivity index is 1.96. The molecular formula is C18H19BrN4S. The maximum Gasteiger partial charge on any atom is 0.189 e. The number of benzene rings is 1. The van der Waals surface area contributed by atoms with E-state index >= 15 is 0 Å². The highest BCUT2D eigenvalue weighted by molar-refractivity contribution is 9.10. The first-order valence-electron chi connectivity index (χ1n) is 7.92. The van der Waals surface area contributed by atoms with Gasteiger partial charge in [0.2, 0.25) is 0 Å². The Bertz CT molecular complexity index is 858. The van der Waals surface area contributed by atoms with Crippen LogP contribution in [0.4, 0.5) is 5.13 Å². The van der Waals surface area contributed by atoms with E-state index in [-0.39, 0.29) is 0 Å². The van der Waals surface area contributed by atoms with Gasteiger partial charge in [-0.1, -0.05) is 24.3 Å². The van der Waals surface area contributed by atoms with E-state index in [4.69, 9.17) is 4.98 Å². The van der Waals surface area contributed by atoms with Crippen LogP contribution in [0.25, 0.3) is 21.3 Å². The van der Waals surface area contributed by atoms with Crippen LogP contribution in [0.2, 0.25) is 0 Å². The van der Waals surface area contributed by atoms with Crippen LogP contribution in [-0.2, 0) is 0 Å². The van der Waals surface area contributed by atoms with E-state index < -0.39 is 0 Å². The van der Waals surface area contributed by atoms with Gasteiger partial charge in [-0.25, -0.2) is 4.98 Å². The molecule has 0 aliphatic heterocycles. The topological polar surface area (TPSA) is 49.8 Å². The maximum atomic E-state index is 4.74. The predicted molar refractivity (Wildman–Crippen MR) is 106 cm³/mol. The summed E-state index contributed by atoms with van der Waals surface area (Å²) < 4.78 is 2.19. The first kappa shape index (κ1) is 16.9. The van der Waals surface area contributed by atoms with E-state index in [1.165, 1.54) is 0 Å². The van der Waals surface area contributed by atoms with Gasteiger partial charge in [0.15, 0.2) is 5.13 Å². The molecule has 0 unspecified atom stereocenters. The number of allylic oxidation sites excluding steroid dienone is 1. The molecule has 0 spiro atoms. The van der Waals surface area contributed by atoms with Gasteiger partial charge < -0.3 is 10.6 Å². The average Bonchev–Trinajstić information content (AvgIpc) is 2.99. The Morgan fingerprint density at radius 2 is 2.17 bits per heavy atom. The lowest BCUT2D eigenvalue weighted by molar-refractivity contribution is 0.850. The number of fused-ring (bicyclic) bond motifs is 1. The highest BCUT2D eigenvalue weighted by atomic mass is 79.9. The average molecular weight is 403 g/mol. The maximum absolute atomic E-state index is 4.74. The minimum Gasteiger partial charge on any atom is -0.372 e. The third kappa shape index (κ3) is 3.76. The molecule has 0 radical (unpaired) electrons. The number of nitrogens with zero attached hydrogens (tertiary/aromatic N) is 2. The number of anilines is 1. The zero-order valence-electron chi connectivity index (χ0n) is 13.6. The van der Waals surface area contributed by atoms with Crippen molar-refractivity contribution in [1.82, 2.24) is 15.3 Å². The molecular weight excluding hydrogens is 384 g/mol. The molecule has 2 aromatic heterocycles. The summed E-state index contributed by atoms with van der Waals surface area (Å²) >= 11 is 5.32. The van der Waals surface area contributed by atoms with E-state index in [0.29, 0.717) is 0 Å². The van der Waals surface area contributed by atoms with Crippen LogP contribution in [0.1, 0.15) is 20.3 Å². The monoisotopic (exact) mass is 402 g/mol. The van der Waals surface area contributed by atoms with Gasteiger partial charge in [-0.3, -0.25) is 4.98 Å². The molecule has 1 aromatic carbocycles. The number of halogens is 1. The first-order chi connectivity index (χ1) is 11.7. The van der Waals surface area contributed by atoms with Crippen LogP contribution in [0.3, 0.4) is 0 Å². The van der Waals surface area contributed by atoms with Gasteiger partial charge in [0, 0.05) is 29.0 Å². The molecule has 0 amide bonds. The molecule has 0 aliphatic rings. The highest BCUT2D eigenvalue weighted by Gasteiger charge is 2.11. The summed E-state index contributed by atoms with van der Waals surface area (Å²) in [6, 6.07) is 8.22. The molecule has 2 N–H and O–H groups in total. The molecule has 24 heavy (non-hydrogen) atoms. The second kappa shape index (κ2) is 7.77. The molecule has 0 fully saturated rings. The number of hydrogen-bond acceptors (Lipinski definition) is 5. The lowest BCUT2D eigenvalue weighted by Crippen LogP contribution is -2.18. The number of thiazole rings is 1. The van der Waals surface area contributed by atoms with Crippen molar-refractivity contribution in [2.45, 2.75) is 20.3 Å². The molecule has 3 aromatic rings. The second-order valence-electron chi connectivity index (χ2n) is 5.25. The predicted octanol–water partition coefficient (Wildman–Crippen LogP) is 5.39. The SMILES string of the molecule is CC/C=C(\NCC)Nc1nc2cc(-c3cccnc3)cc(Br)c2s1. The van der Waals surface area contributed by atoms with Crippen molar-refractivity contribution in [3.05, 3.63) is 53.0 Å². The van der Waals surface area contributed by atoms with Gasteiger partial charge in [-0.05, 0) is 59.1 Å². The van der Waals surface area contributed by atoms with E-state index in [2.05, 4.69) is 69.7 Å². The number of pyridine rings is 1. The summed E-state index contributed by atoms with van der Waals surface area (Å²) in [5, 5.41) is 7.59. The second-order valence-corrected chi connectivity index (χ2v) is 7.10. The third-order valence-electron chi connectivity index (χ3n) is 3.46. The molecule has 0 atom stereocenters. The summed E-state index contributed by atoms with van der Waals surface area (Å²) in [4.78, 5) is 8.94. The van der Waals surface area contributed by atoms with E-state index in [1.54, 1.807) is 17.5 Å². The Morgan fingerprint density at radius 1 is 1.29 bits per heavy atom. The fourth-order valence-electron chi connectivity index (χ4n) is 2.42. The summed E-state index contributed by atoms with van der Waals surface area (Å²) in [5.41, 5.74) is 3.17. The quantitative estimate of drug-likeness (QED) is 0.579. The van der Waals surface area contributed by atoms with Crippen molar-refractivity contribution in [1.29, 1.82) is 0 Å². The zero-order chi connectivity index (χ0) is 16.9. The normalized spacial score (nSPS) is 11.7. The van der Waals surface area contributed by atoms with Crippen LogP contribution in [0.15, 0.2) is 53.0 Å². The summed E-state index contributed by atoms with van der Waals surface area (Å²) in [7, 11) is 0. The summed E-state index contributed by atoms with van der Waals surface area (Å²) in [5.74, 6) is 1.00. The number of rotatable bonds is 6. The van der Waals surface area contributed by atoms with Crippen LogP contribution >= 0.6 is 27.3 Å². The molecule has 4 nitrogen and oxygen atoms in total. The Kier molecular flexibility index (Phi) is 5.48. The summed E-state index contributed by atoms with van der Waals surface area (Å²) in [6.07, 6.45) is 6.75. The van der Waals surface area contributed by atoms with Crippen molar-refractivity contribution in [2.24, 2.45) is 0 Å². The first-order valence-corrected chi connectivity index (χ1v) is 9.53. The van der Waals surface area contributed by atoms with Crippen LogP contribution in [-0.4, -0.2) is 16.5 Å². The Morgan fingerprint density at radius 3 is 2.88 bits per heavy atom. The lowest BCUT2D eigenvalue weighted by atomic mass is 10.1. The van der Waals surface area contributed by atoms with Gasteiger partial charge in [-0.15, -0.1) is 0 Å². The number of nitrogens with one attached hydrogen (secondary N) is 2. The molecule has 6 heteroatoms. The van der Waals surface area contributed by atoms with Crippen LogP contribution in [0.5, 0.6) is 0 Å². The van der Waals surface area contributed by atoms with Gasteiger partial charge >= 0.3 is 0 Å².